The smallest absolute Gasteiger partial charge is 0.312 e. The molecule has 0 N–H and O–H groups in total. The van der Waals surface area contributed by atoms with Crippen LogP contribution < -0.4 is 0 Å². The normalized spacial score (nSPS) is 33.3. The molecule has 0 amide bonds. The predicted octanol–water partition coefficient (Wildman–Crippen LogP) is 16.8. The largest absolute Gasteiger partial charge is 0.469 e. The summed E-state index contributed by atoms with van der Waals surface area (Å²) in [6, 6.07) is 0. The van der Waals surface area contributed by atoms with Crippen LogP contribution in [-0.2, 0) is 47.7 Å². The zero-order chi connectivity index (χ0) is 57.7. The van der Waals surface area contributed by atoms with E-state index in [9.17, 15) is 24.0 Å². The molecule has 8 atom stereocenters. The predicted molar refractivity (Wildman–Crippen MR) is 308 cm³/mol. The topological polar surface area (TPSA) is 132 Å². The Morgan fingerprint density at radius 1 is 0.455 bits per heavy atom. The lowest BCUT2D eigenvalue weighted by Gasteiger charge is -2.56. The molecular formula is C67H116O10. The van der Waals surface area contributed by atoms with Crippen molar-refractivity contribution in [3.05, 3.63) is 0 Å². The average molecular weight is 1080 g/mol. The van der Waals surface area contributed by atoms with E-state index < -0.39 is 0 Å². The maximum absolute atomic E-state index is 12.4. The van der Waals surface area contributed by atoms with Crippen LogP contribution in [0.15, 0.2) is 0 Å². The summed E-state index contributed by atoms with van der Waals surface area (Å²) in [4.78, 5) is 59.4. The van der Waals surface area contributed by atoms with Gasteiger partial charge in [-0.05, 0) is 263 Å². The summed E-state index contributed by atoms with van der Waals surface area (Å²) < 4.78 is 27.9. The van der Waals surface area contributed by atoms with E-state index in [0.717, 1.165) is 118 Å². The zero-order valence-corrected chi connectivity index (χ0v) is 52.9. The van der Waals surface area contributed by atoms with E-state index in [1.807, 2.05) is 90.0 Å². The third kappa shape index (κ3) is 15.1. The SMILES string of the molecule is CCC(C)(C)C(=O)OC.CCC(C)(C)C(=O)OC12CC3CC(CC(C3)C1)C2.CCC(C)(C)C(=O)OC1CC2CC1C1CCCC21.CCC(C)(C)C(=O)OC1CC2CCC1(C)C2(C)C.CCC(C)(C)C(=O)OC1CCCCC1. The van der Waals surface area contributed by atoms with E-state index in [0.29, 0.717) is 11.3 Å². The van der Waals surface area contributed by atoms with Crippen LogP contribution in [0, 0.1) is 85.2 Å². The molecule has 10 heteroatoms. The lowest BCUT2D eigenvalue weighted by Crippen LogP contribution is -2.53. The van der Waals surface area contributed by atoms with E-state index in [2.05, 4.69) is 39.4 Å². The monoisotopic (exact) mass is 1080 g/mol. The first-order chi connectivity index (χ1) is 35.7. The number of rotatable bonds is 14. The quantitative estimate of drug-likeness (QED) is 0.122. The Kier molecular flexibility index (Phi) is 21.7. The number of esters is 5. The van der Waals surface area contributed by atoms with E-state index in [1.54, 1.807) is 0 Å². The number of carbonyl (C=O) groups excluding carboxylic acids is 5. The lowest BCUT2D eigenvalue weighted by molar-refractivity contribution is -0.196. The molecule has 10 rings (SSSR count). The van der Waals surface area contributed by atoms with Gasteiger partial charge < -0.3 is 23.7 Å². The van der Waals surface area contributed by atoms with Crippen molar-refractivity contribution in [1.82, 2.24) is 0 Å². The van der Waals surface area contributed by atoms with Crippen molar-refractivity contribution < 1.29 is 47.7 Å². The van der Waals surface area contributed by atoms with Gasteiger partial charge in [0.15, 0.2) is 0 Å². The molecule has 0 aromatic carbocycles. The van der Waals surface area contributed by atoms with Crippen LogP contribution in [0.1, 0.15) is 279 Å². The Labute approximate surface area is 470 Å². The number of carbonyl (C=O) groups is 5. The molecule has 0 saturated heterocycles. The van der Waals surface area contributed by atoms with E-state index >= 15 is 0 Å². The van der Waals surface area contributed by atoms with Gasteiger partial charge in [-0.15, -0.1) is 0 Å². The molecule has 10 aliphatic carbocycles. The van der Waals surface area contributed by atoms with Gasteiger partial charge in [0.05, 0.1) is 34.2 Å². The first-order valence-corrected chi connectivity index (χ1v) is 31.7. The number of hydrogen-bond acceptors (Lipinski definition) is 10. The Morgan fingerprint density at radius 2 is 0.896 bits per heavy atom. The molecule has 10 fully saturated rings. The highest BCUT2D eigenvalue weighted by Crippen LogP contribution is 2.66. The third-order valence-corrected chi connectivity index (χ3v) is 23.1. The third-order valence-electron chi connectivity index (χ3n) is 23.1. The minimum Gasteiger partial charge on any atom is -0.469 e. The first kappa shape index (κ1) is 65.2. The molecule has 10 nitrogen and oxygen atoms in total. The zero-order valence-electron chi connectivity index (χ0n) is 52.9. The molecule has 0 spiro atoms. The fourth-order valence-electron chi connectivity index (χ4n) is 15.0. The van der Waals surface area contributed by atoms with E-state index in [1.165, 1.54) is 84.2 Å². The van der Waals surface area contributed by atoms with Gasteiger partial charge in [-0.25, -0.2) is 0 Å². The standard InChI is InChI=1S/2C16H26O2.C16H28O2.C12H22O2.C7H14O2/c1-4-15(2,3)14(17)18-16-8-11-5-12(9-16)7-13(6-11)10-16;1-4-16(2,3)15(17)18-14-9-10-8-13(14)12-7-5-6-11(10)12;1-7-14(2,3)13(17)18-12-10-11-8-9-16(12,6)15(11,4)5;1-4-12(2,3)11(13)14-10-8-6-5-7-9-10;1-5-7(2,3)6(8)9-4/h11-13H,4-10H2,1-3H3;10-14H,4-9H2,1-3H3;11-12H,7-10H2,1-6H3;10H,4-9H2,1-3H3;5H2,1-4H3. The number of hydrogen-bond donors (Lipinski definition) is 0. The van der Waals surface area contributed by atoms with E-state index in [4.69, 9.17) is 18.9 Å². The number of methoxy groups -OCH3 is 1. The summed E-state index contributed by atoms with van der Waals surface area (Å²) in [5.74, 6) is 6.56. The second-order valence-electron chi connectivity index (χ2n) is 30.4. The van der Waals surface area contributed by atoms with Gasteiger partial charge in [-0.2, -0.15) is 0 Å². The Morgan fingerprint density at radius 3 is 1.32 bits per heavy atom. The molecule has 444 valence electrons. The van der Waals surface area contributed by atoms with Crippen LogP contribution in [-0.4, -0.2) is 60.9 Å². The second kappa shape index (κ2) is 25.6. The minimum absolute atomic E-state index is 0.0143. The van der Waals surface area contributed by atoms with Crippen molar-refractivity contribution in [2.24, 2.45) is 85.2 Å². The molecule has 10 saturated carbocycles. The molecule has 0 heterocycles. The molecule has 8 unspecified atom stereocenters. The van der Waals surface area contributed by atoms with Gasteiger partial charge in [0.25, 0.3) is 0 Å². The van der Waals surface area contributed by atoms with Crippen LogP contribution in [0.3, 0.4) is 0 Å². The van der Waals surface area contributed by atoms with Crippen molar-refractivity contribution in [3.8, 4) is 0 Å². The van der Waals surface area contributed by atoms with Crippen molar-refractivity contribution in [1.29, 1.82) is 0 Å². The molecule has 10 aliphatic rings. The molecule has 8 bridgehead atoms. The fraction of sp³-hybridized carbons (Fsp3) is 0.925. The fourth-order valence-corrected chi connectivity index (χ4v) is 15.0. The highest BCUT2D eigenvalue weighted by molar-refractivity contribution is 5.78. The molecular weight excluding hydrogens is 965 g/mol. The molecule has 77 heavy (non-hydrogen) atoms. The van der Waals surface area contributed by atoms with Gasteiger partial charge in [-0.3, -0.25) is 24.0 Å². The van der Waals surface area contributed by atoms with Crippen LogP contribution in [0.5, 0.6) is 0 Å². The summed E-state index contributed by atoms with van der Waals surface area (Å²) in [6.07, 6.45) is 28.5. The summed E-state index contributed by atoms with van der Waals surface area (Å²) in [5, 5.41) is 0. The van der Waals surface area contributed by atoms with Crippen LogP contribution >= 0.6 is 0 Å². The Bertz CT molecular complexity index is 1950. The number of ether oxygens (including phenoxy) is 5. The molecule has 0 aliphatic heterocycles. The Balaban J connectivity index is 0.000000181. The van der Waals surface area contributed by atoms with E-state index in [-0.39, 0.29) is 86.2 Å². The maximum atomic E-state index is 12.4. The minimum atomic E-state index is -0.345. The molecule has 0 aromatic rings. The Hall–Kier alpha value is -2.65. The maximum Gasteiger partial charge on any atom is 0.312 e. The van der Waals surface area contributed by atoms with Crippen molar-refractivity contribution in [3.63, 3.8) is 0 Å². The first-order valence-electron chi connectivity index (χ1n) is 31.7. The second-order valence-corrected chi connectivity index (χ2v) is 30.4. The summed E-state index contributed by atoms with van der Waals surface area (Å²) in [6.45, 7) is 36.8. The van der Waals surface area contributed by atoms with Gasteiger partial charge in [-0.1, -0.05) is 68.2 Å². The lowest BCUT2D eigenvalue weighted by atomic mass is 9.54. The summed E-state index contributed by atoms with van der Waals surface area (Å²) in [7, 11) is 1.42. The summed E-state index contributed by atoms with van der Waals surface area (Å²) >= 11 is 0. The average Bonchev–Trinajstić information content (AvgIpc) is 4.25. The van der Waals surface area contributed by atoms with Crippen LogP contribution in [0.2, 0.25) is 0 Å². The number of fused-ring (bicyclic) bond motifs is 7. The van der Waals surface area contributed by atoms with Gasteiger partial charge >= 0.3 is 29.8 Å². The van der Waals surface area contributed by atoms with Crippen molar-refractivity contribution in [2.75, 3.05) is 7.11 Å². The van der Waals surface area contributed by atoms with Gasteiger partial charge in [0.1, 0.15) is 23.9 Å². The molecule has 0 radical (unpaired) electrons. The van der Waals surface area contributed by atoms with Crippen LogP contribution in [0.4, 0.5) is 0 Å². The van der Waals surface area contributed by atoms with Crippen molar-refractivity contribution in [2.45, 2.75) is 303 Å². The summed E-state index contributed by atoms with van der Waals surface area (Å²) in [5.41, 5.74) is -1.17. The molecule has 0 aromatic heterocycles. The van der Waals surface area contributed by atoms with Crippen molar-refractivity contribution >= 4 is 29.8 Å². The van der Waals surface area contributed by atoms with Gasteiger partial charge in [0.2, 0.25) is 0 Å². The highest BCUT2D eigenvalue weighted by atomic mass is 16.6. The van der Waals surface area contributed by atoms with Crippen LogP contribution in [0.25, 0.3) is 0 Å². The van der Waals surface area contributed by atoms with Gasteiger partial charge in [0, 0.05) is 5.41 Å². The highest BCUT2D eigenvalue weighted by Gasteiger charge is 2.63.